The molecule has 0 spiro atoms. The van der Waals surface area contributed by atoms with Crippen molar-refractivity contribution in [3.05, 3.63) is 47.0 Å². The molecule has 0 bridgehead atoms. The monoisotopic (exact) mass is 314 g/mol. The minimum Gasteiger partial charge on any atom is -0.497 e. The summed E-state index contributed by atoms with van der Waals surface area (Å²) in [6.45, 7) is 6.34. The molecule has 0 aliphatic carbocycles. The molecular weight excluding hydrogens is 296 g/mol. The number of fused-ring (bicyclic) bond motifs is 1. The molecule has 0 aliphatic rings. The highest BCUT2D eigenvalue weighted by Crippen LogP contribution is 2.36. The van der Waals surface area contributed by atoms with Crippen molar-refractivity contribution in [3.8, 4) is 17.0 Å². The van der Waals surface area contributed by atoms with E-state index in [-0.39, 0.29) is 6.04 Å². The molecule has 0 amide bonds. The van der Waals surface area contributed by atoms with E-state index in [9.17, 15) is 0 Å². The van der Waals surface area contributed by atoms with Crippen LogP contribution in [0.15, 0.2) is 36.4 Å². The summed E-state index contributed by atoms with van der Waals surface area (Å²) in [5, 5.41) is 6.49. The van der Waals surface area contributed by atoms with Crippen LogP contribution in [0.2, 0.25) is 5.02 Å². The van der Waals surface area contributed by atoms with Gasteiger partial charge in [-0.15, -0.1) is 0 Å². The van der Waals surface area contributed by atoms with Gasteiger partial charge in [-0.25, -0.2) is 0 Å². The predicted molar refractivity (Wildman–Crippen MR) is 91.9 cm³/mol. The smallest absolute Gasteiger partial charge is 0.119 e. The number of nitrogens with zero attached hydrogens (tertiary/aromatic N) is 2. The van der Waals surface area contributed by atoms with E-state index in [2.05, 4.69) is 32.9 Å². The Morgan fingerprint density at radius 2 is 1.95 bits per heavy atom. The summed E-state index contributed by atoms with van der Waals surface area (Å²) < 4.78 is 7.36. The van der Waals surface area contributed by atoms with Crippen molar-refractivity contribution in [1.29, 1.82) is 0 Å². The third-order valence-electron chi connectivity index (χ3n) is 3.86. The van der Waals surface area contributed by atoms with Gasteiger partial charge in [0.25, 0.3) is 0 Å². The fourth-order valence-corrected chi connectivity index (χ4v) is 2.97. The van der Waals surface area contributed by atoms with E-state index in [0.29, 0.717) is 5.02 Å². The first-order valence-electron chi connectivity index (χ1n) is 7.34. The molecule has 0 atom stereocenters. The summed E-state index contributed by atoms with van der Waals surface area (Å²) in [6, 6.07) is 12.3. The summed E-state index contributed by atoms with van der Waals surface area (Å²) in [5.74, 6) is 0.860. The Morgan fingerprint density at radius 3 is 2.59 bits per heavy atom. The van der Waals surface area contributed by atoms with Crippen LogP contribution >= 0.6 is 11.6 Å². The van der Waals surface area contributed by atoms with Gasteiger partial charge < -0.3 is 4.74 Å². The molecule has 0 saturated heterocycles. The van der Waals surface area contributed by atoms with Gasteiger partial charge in [0, 0.05) is 17.0 Å². The van der Waals surface area contributed by atoms with Crippen molar-refractivity contribution in [3.63, 3.8) is 0 Å². The fraction of sp³-hybridized carbons (Fsp3) is 0.278. The van der Waals surface area contributed by atoms with E-state index in [0.717, 1.165) is 33.5 Å². The van der Waals surface area contributed by atoms with Gasteiger partial charge in [0.15, 0.2) is 0 Å². The van der Waals surface area contributed by atoms with Crippen molar-refractivity contribution in [2.45, 2.75) is 26.8 Å². The van der Waals surface area contributed by atoms with Gasteiger partial charge in [-0.1, -0.05) is 23.7 Å². The molecule has 22 heavy (non-hydrogen) atoms. The number of halogens is 1. The zero-order chi connectivity index (χ0) is 15.9. The maximum atomic E-state index is 6.33. The Morgan fingerprint density at radius 1 is 1.18 bits per heavy atom. The standard InChI is InChI=1S/C18H19ClN2O/c1-11(2)21-18(14-9-8-13(22-4)10-12(14)3)15-6-5-7-16(19)17(15)20-21/h5-11H,1-4H3. The van der Waals surface area contributed by atoms with Crippen LogP contribution in [0.5, 0.6) is 5.75 Å². The molecule has 0 radical (unpaired) electrons. The molecule has 0 aliphatic heterocycles. The minimum atomic E-state index is 0.250. The van der Waals surface area contributed by atoms with Crippen molar-refractivity contribution >= 4 is 22.5 Å². The summed E-state index contributed by atoms with van der Waals surface area (Å²) in [5.41, 5.74) is 4.26. The van der Waals surface area contributed by atoms with Crippen molar-refractivity contribution < 1.29 is 4.74 Å². The van der Waals surface area contributed by atoms with Crippen LogP contribution in [0.4, 0.5) is 0 Å². The van der Waals surface area contributed by atoms with Gasteiger partial charge in [0.2, 0.25) is 0 Å². The summed E-state index contributed by atoms with van der Waals surface area (Å²) in [4.78, 5) is 0. The number of hydrogen-bond acceptors (Lipinski definition) is 2. The molecule has 0 saturated carbocycles. The molecular formula is C18H19ClN2O. The Kier molecular flexibility index (Phi) is 3.83. The highest BCUT2D eigenvalue weighted by atomic mass is 35.5. The summed E-state index contributed by atoms with van der Waals surface area (Å²) in [7, 11) is 1.68. The topological polar surface area (TPSA) is 27.1 Å². The van der Waals surface area contributed by atoms with Gasteiger partial charge >= 0.3 is 0 Å². The minimum absolute atomic E-state index is 0.250. The van der Waals surface area contributed by atoms with E-state index in [1.165, 1.54) is 0 Å². The zero-order valence-corrected chi connectivity index (χ0v) is 14.0. The third-order valence-corrected chi connectivity index (χ3v) is 4.16. The third kappa shape index (κ3) is 2.35. The van der Waals surface area contributed by atoms with Crippen molar-refractivity contribution in [2.75, 3.05) is 7.11 Å². The Bertz CT molecular complexity index is 836. The molecule has 4 heteroatoms. The highest BCUT2D eigenvalue weighted by Gasteiger charge is 2.18. The number of ether oxygens (including phenoxy) is 1. The van der Waals surface area contributed by atoms with Crippen LogP contribution < -0.4 is 4.74 Å². The number of methoxy groups -OCH3 is 1. The Hall–Kier alpha value is -2.00. The maximum absolute atomic E-state index is 6.33. The second kappa shape index (κ2) is 5.65. The largest absolute Gasteiger partial charge is 0.497 e. The average Bonchev–Trinajstić information content (AvgIpc) is 2.88. The average molecular weight is 315 g/mol. The predicted octanol–water partition coefficient (Wildman–Crippen LogP) is 5.25. The number of aryl methyl sites for hydroxylation is 1. The second-order valence-corrected chi connectivity index (χ2v) is 6.11. The highest BCUT2D eigenvalue weighted by molar-refractivity contribution is 6.35. The normalized spacial score (nSPS) is 11.4. The molecule has 0 N–H and O–H groups in total. The molecule has 2 aromatic carbocycles. The number of aromatic nitrogens is 2. The SMILES string of the molecule is COc1ccc(-c2c3cccc(Cl)c3nn2C(C)C)c(C)c1. The van der Waals surface area contributed by atoms with Crippen LogP contribution in [0.1, 0.15) is 25.5 Å². The van der Waals surface area contributed by atoms with E-state index in [1.807, 2.05) is 28.9 Å². The maximum Gasteiger partial charge on any atom is 0.119 e. The van der Waals surface area contributed by atoms with Crippen LogP contribution in [0, 0.1) is 6.92 Å². The molecule has 3 nitrogen and oxygen atoms in total. The van der Waals surface area contributed by atoms with E-state index < -0.39 is 0 Å². The number of benzene rings is 2. The molecule has 3 aromatic rings. The first-order chi connectivity index (χ1) is 10.5. The summed E-state index contributed by atoms with van der Waals surface area (Å²) >= 11 is 6.33. The van der Waals surface area contributed by atoms with Crippen LogP contribution in [-0.4, -0.2) is 16.9 Å². The lowest BCUT2D eigenvalue weighted by Gasteiger charge is -2.14. The first kappa shape index (κ1) is 14.9. The molecule has 3 rings (SSSR count). The number of hydrogen-bond donors (Lipinski definition) is 0. The van der Waals surface area contributed by atoms with Gasteiger partial charge in [0.05, 0.1) is 17.8 Å². The van der Waals surface area contributed by atoms with E-state index >= 15 is 0 Å². The molecule has 0 unspecified atom stereocenters. The molecule has 1 heterocycles. The molecule has 0 fully saturated rings. The van der Waals surface area contributed by atoms with Gasteiger partial charge in [-0.05, 0) is 50.6 Å². The Labute approximate surface area is 135 Å². The van der Waals surface area contributed by atoms with Gasteiger partial charge in [0.1, 0.15) is 11.3 Å². The number of rotatable bonds is 3. The lowest BCUT2D eigenvalue weighted by molar-refractivity contribution is 0.414. The van der Waals surface area contributed by atoms with Crippen LogP contribution in [0.25, 0.3) is 22.2 Å². The lowest BCUT2D eigenvalue weighted by Crippen LogP contribution is -2.05. The van der Waals surface area contributed by atoms with E-state index in [4.69, 9.17) is 21.4 Å². The first-order valence-corrected chi connectivity index (χ1v) is 7.72. The zero-order valence-electron chi connectivity index (χ0n) is 13.2. The Balaban J connectivity index is 2.34. The van der Waals surface area contributed by atoms with Crippen molar-refractivity contribution in [2.24, 2.45) is 0 Å². The van der Waals surface area contributed by atoms with Crippen LogP contribution in [-0.2, 0) is 0 Å². The fourth-order valence-electron chi connectivity index (χ4n) is 2.76. The van der Waals surface area contributed by atoms with Crippen LogP contribution in [0.3, 0.4) is 0 Å². The second-order valence-electron chi connectivity index (χ2n) is 5.70. The van der Waals surface area contributed by atoms with Gasteiger partial charge in [-0.3, -0.25) is 4.68 Å². The molecule has 1 aromatic heterocycles. The summed E-state index contributed by atoms with van der Waals surface area (Å²) in [6.07, 6.45) is 0. The van der Waals surface area contributed by atoms with E-state index in [1.54, 1.807) is 7.11 Å². The lowest BCUT2D eigenvalue weighted by atomic mass is 10.0. The van der Waals surface area contributed by atoms with Crippen molar-refractivity contribution in [1.82, 2.24) is 9.78 Å². The quantitative estimate of drug-likeness (QED) is 0.659. The van der Waals surface area contributed by atoms with Gasteiger partial charge in [-0.2, -0.15) is 5.10 Å². The molecule has 114 valence electrons.